The highest BCUT2D eigenvalue weighted by atomic mass is 16.5. The molecule has 128 valence electrons. The first-order chi connectivity index (χ1) is 12.1. The molecule has 0 saturated heterocycles. The smallest absolute Gasteiger partial charge is 0.306 e. The fourth-order valence-corrected chi connectivity index (χ4v) is 2.70. The molecule has 0 bridgehead atoms. The predicted octanol–water partition coefficient (Wildman–Crippen LogP) is 4.08. The maximum Gasteiger partial charge on any atom is 0.306 e. The van der Waals surface area contributed by atoms with Crippen molar-refractivity contribution in [3.05, 3.63) is 65.4 Å². The number of carboxylic acid groups (broad SMARTS) is 1. The molecule has 0 fully saturated rings. The molecule has 0 unspecified atom stereocenters. The van der Waals surface area contributed by atoms with Crippen molar-refractivity contribution in [2.75, 3.05) is 6.61 Å². The number of furan rings is 1. The van der Waals surface area contributed by atoms with Gasteiger partial charge in [0.05, 0.1) is 18.6 Å². The summed E-state index contributed by atoms with van der Waals surface area (Å²) in [6.07, 6.45) is 0.563. The summed E-state index contributed by atoms with van der Waals surface area (Å²) < 4.78 is 11.1. The van der Waals surface area contributed by atoms with Gasteiger partial charge in [-0.3, -0.25) is 9.59 Å². The molecule has 25 heavy (non-hydrogen) atoms. The van der Waals surface area contributed by atoms with Gasteiger partial charge < -0.3 is 14.3 Å². The van der Waals surface area contributed by atoms with Gasteiger partial charge in [-0.1, -0.05) is 25.1 Å². The number of hydrogen-bond donors (Lipinski definition) is 1. The van der Waals surface area contributed by atoms with Crippen LogP contribution in [0.15, 0.2) is 52.9 Å². The lowest BCUT2D eigenvalue weighted by Gasteiger charge is -2.06. The molecular weight excluding hydrogens is 320 g/mol. The lowest BCUT2D eigenvalue weighted by atomic mass is 9.99. The first kappa shape index (κ1) is 16.8. The van der Waals surface area contributed by atoms with E-state index < -0.39 is 5.97 Å². The van der Waals surface area contributed by atoms with Crippen molar-refractivity contribution in [3.8, 4) is 5.75 Å². The SMILES string of the molecule is CCc1oc2ccccc2c1C(=O)c1ccc(OCCC(=O)O)cc1. The number of para-hydroxylation sites is 1. The molecule has 0 aliphatic rings. The molecule has 5 heteroatoms. The highest BCUT2D eigenvalue weighted by Gasteiger charge is 2.20. The third kappa shape index (κ3) is 3.55. The molecule has 1 heterocycles. The maximum atomic E-state index is 12.9. The third-order valence-electron chi connectivity index (χ3n) is 3.92. The molecule has 3 aromatic rings. The summed E-state index contributed by atoms with van der Waals surface area (Å²) in [5.74, 6) is 0.197. The van der Waals surface area contributed by atoms with Gasteiger partial charge >= 0.3 is 5.97 Å². The number of rotatable bonds is 7. The summed E-state index contributed by atoms with van der Waals surface area (Å²) in [6.45, 7) is 2.04. The lowest BCUT2D eigenvalue weighted by molar-refractivity contribution is -0.137. The summed E-state index contributed by atoms with van der Waals surface area (Å²) in [5, 5.41) is 9.43. The summed E-state index contributed by atoms with van der Waals surface area (Å²) in [6, 6.07) is 14.2. The van der Waals surface area contributed by atoms with Crippen molar-refractivity contribution in [1.82, 2.24) is 0 Å². The Morgan fingerprint density at radius 3 is 2.48 bits per heavy atom. The van der Waals surface area contributed by atoms with Crippen LogP contribution in [-0.4, -0.2) is 23.5 Å². The fraction of sp³-hybridized carbons (Fsp3) is 0.200. The Bertz CT molecular complexity index is 905. The van der Waals surface area contributed by atoms with Crippen molar-refractivity contribution < 1.29 is 23.8 Å². The molecule has 0 radical (unpaired) electrons. The zero-order valence-corrected chi connectivity index (χ0v) is 13.8. The van der Waals surface area contributed by atoms with Gasteiger partial charge in [-0.05, 0) is 30.3 Å². The number of carbonyl (C=O) groups is 2. The van der Waals surface area contributed by atoms with Crippen LogP contribution >= 0.6 is 0 Å². The third-order valence-corrected chi connectivity index (χ3v) is 3.92. The summed E-state index contributed by atoms with van der Waals surface area (Å²) >= 11 is 0. The summed E-state index contributed by atoms with van der Waals surface area (Å²) in [7, 11) is 0. The Hall–Kier alpha value is -3.08. The Morgan fingerprint density at radius 1 is 1.08 bits per heavy atom. The van der Waals surface area contributed by atoms with Crippen LogP contribution in [0.25, 0.3) is 11.0 Å². The Morgan fingerprint density at radius 2 is 1.80 bits per heavy atom. The van der Waals surface area contributed by atoms with Crippen LogP contribution in [0.4, 0.5) is 0 Å². The van der Waals surface area contributed by atoms with E-state index in [-0.39, 0.29) is 18.8 Å². The van der Waals surface area contributed by atoms with Crippen LogP contribution < -0.4 is 4.74 Å². The zero-order valence-electron chi connectivity index (χ0n) is 13.8. The Kier molecular flexibility index (Phi) is 4.84. The molecule has 0 spiro atoms. The molecule has 0 aliphatic heterocycles. The molecule has 2 aromatic carbocycles. The largest absolute Gasteiger partial charge is 0.493 e. The maximum absolute atomic E-state index is 12.9. The highest BCUT2D eigenvalue weighted by Crippen LogP contribution is 2.29. The number of ether oxygens (including phenoxy) is 1. The normalized spacial score (nSPS) is 10.8. The summed E-state index contributed by atoms with van der Waals surface area (Å²) in [4.78, 5) is 23.4. The molecule has 1 N–H and O–H groups in total. The first-order valence-electron chi connectivity index (χ1n) is 8.10. The van der Waals surface area contributed by atoms with Crippen LogP contribution in [0, 0.1) is 0 Å². The molecule has 5 nitrogen and oxygen atoms in total. The number of ketones is 1. The lowest BCUT2D eigenvalue weighted by Crippen LogP contribution is -2.06. The number of benzene rings is 2. The van der Waals surface area contributed by atoms with E-state index in [9.17, 15) is 9.59 Å². The van der Waals surface area contributed by atoms with Gasteiger partial charge in [0.1, 0.15) is 17.1 Å². The van der Waals surface area contributed by atoms with Gasteiger partial charge in [-0.15, -0.1) is 0 Å². The van der Waals surface area contributed by atoms with E-state index in [2.05, 4.69) is 0 Å². The van der Waals surface area contributed by atoms with E-state index in [1.54, 1.807) is 24.3 Å². The standard InChI is InChI=1S/C20H18O5/c1-2-16-19(15-5-3-4-6-17(15)25-16)20(23)13-7-9-14(10-8-13)24-12-11-18(21)22/h3-10H,2,11-12H2,1H3,(H,21,22). The molecular formula is C20H18O5. The number of carbonyl (C=O) groups excluding carboxylic acids is 1. The van der Waals surface area contributed by atoms with Crippen molar-refractivity contribution >= 4 is 22.7 Å². The molecule has 0 aliphatic carbocycles. The molecule has 1 aromatic heterocycles. The van der Waals surface area contributed by atoms with Crippen molar-refractivity contribution in [3.63, 3.8) is 0 Å². The minimum Gasteiger partial charge on any atom is -0.493 e. The predicted molar refractivity (Wildman–Crippen MR) is 93.2 cm³/mol. The van der Waals surface area contributed by atoms with Gasteiger partial charge in [-0.2, -0.15) is 0 Å². The Balaban J connectivity index is 1.85. The van der Waals surface area contributed by atoms with Gasteiger partial charge in [-0.25, -0.2) is 0 Å². The van der Waals surface area contributed by atoms with Crippen LogP contribution in [0.1, 0.15) is 35.0 Å². The van der Waals surface area contributed by atoms with Gasteiger partial charge in [0.25, 0.3) is 0 Å². The van der Waals surface area contributed by atoms with Gasteiger partial charge in [0, 0.05) is 17.4 Å². The second kappa shape index (κ2) is 7.21. The van der Waals surface area contributed by atoms with E-state index >= 15 is 0 Å². The minimum absolute atomic E-state index is 0.0679. The average Bonchev–Trinajstić information content (AvgIpc) is 3.00. The zero-order chi connectivity index (χ0) is 17.8. The van der Waals surface area contributed by atoms with E-state index in [4.69, 9.17) is 14.3 Å². The topological polar surface area (TPSA) is 76.7 Å². The number of aliphatic carboxylic acids is 1. The Labute approximate surface area is 144 Å². The van der Waals surface area contributed by atoms with Crippen LogP contribution in [0.2, 0.25) is 0 Å². The molecule has 3 rings (SSSR count). The van der Waals surface area contributed by atoms with E-state index in [0.29, 0.717) is 34.6 Å². The van der Waals surface area contributed by atoms with Crippen molar-refractivity contribution in [2.45, 2.75) is 19.8 Å². The average molecular weight is 338 g/mol. The number of carboxylic acids is 1. The summed E-state index contributed by atoms with van der Waals surface area (Å²) in [5.41, 5.74) is 1.83. The number of aryl methyl sites for hydroxylation is 1. The second-order valence-corrected chi connectivity index (χ2v) is 5.60. The second-order valence-electron chi connectivity index (χ2n) is 5.60. The first-order valence-corrected chi connectivity index (χ1v) is 8.10. The van der Waals surface area contributed by atoms with Crippen LogP contribution in [0.5, 0.6) is 5.75 Å². The highest BCUT2D eigenvalue weighted by molar-refractivity contribution is 6.16. The van der Waals surface area contributed by atoms with Crippen molar-refractivity contribution in [1.29, 1.82) is 0 Å². The molecule has 0 saturated carbocycles. The molecule has 0 amide bonds. The monoisotopic (exact) mass is 338 g/mol. The molecule has 0 atom stereocenters. The van der Waals surface area contributed by atoms with Gasteiger partial charge in [0.2, 0.25) is 0 Å². The van der Waals surface area contributed by atoms with E-state index in [1.165, 1.54) is 0 Å². The van der Waals surface area contributed by atoms with Crippen LogP contribution in [0.3, 0.4) is 0 Å². The minimum atomic E-state index is -0.911. The fourth-order valence-electron chi connectivity index (χ4n) is 2.70. The van der Waals surface area contributed by atoms with Gasteiger partial charge in [0.15, 0.2) is 5.78 Å². The van der Waals surface area contributed by atoms with E-state index in [1.807, 2.05) is 31.2 Å². The van der Waals surface area contributed by atoms with Crippen LogP contribution in [-0.2, 0) is 11.2 Å². The quantitative estimate of drug-likeness (QED) is 0.657. The number of fused-ring (bicyclic) bond motifs is 1. The van der Waals surface area contributed by atoms with Crippen molar-refractivity contribution in [2.24, 2.45) is 0 Å². The number of hydrogen-bond acceptors (Lipinski definition) is 4. The van der Waals surface area contributed by atoms with E-state index in [0.717, 1.165) is 5.39 Å².